The van der Waals surface area contributed by atoms with E-state index < -0.39 is 11.7 Å². The second kappa shape index (κ2) is 7.62. The summed E-state index contributed by atoms with van der Waals surface area (Å²) in [4.78, 5) is 11.5. The molecule has 0 unspecified atom stereocenters. The highest BCUT2D eigenvalue weighted by molar-refractivity contribution is 6.01. The number of allylic oxidation sites excluding steroid dienone is 1. The van der Waals surface area contributed by atoms with Gasteiger partial charge in [-0.25, -0.2) is 4.79 Å². The molecule has 1 aromatic carbocycles. The van der Waals surface area contributed by atoms with Crippen molar-refractivity contribution < 1.29 is 18.7 Å². The number of fused-ring (bicyclic) bond motifs is 2. The highest BCUT2D eigenvalue weighted by Gasteiger charge is 2.13. The Morgan fingerprint density at radius 3 is 2.73 bits per heavy atom. The number of aliphatic hydroxyl groups is 1. The van der Waals surface area contributed by atoms with Crippen LogP contribution in [0.1, 0.15) is 27.2 Å². The fourth-order valence-electron chi connectivity index (χ4n) is 2.89. The molecular weight excluding hydrogens is 332 g/mol. The van der Waals surface area contributed by atoms with Crippen LogP contribution in [-0.4, -0.2) is 17.8 Å². The lowest BCUT2D eigenvalue weighted by Crippen LogP contribution is -2.04. The van der Waals surface area contributed by atoms with Crippen LogP contribution in [0.3, 0.4) is 0 Å². The van der Waals surface area contributed by atoms with Gasteiger partial charge in [-0.2, -0.15) is 0 Å². The molecule has 0 aliphatic rings. The molecule has 2 aromatic heterocycles. The molecule has 0 amide bonds. The molecule has 1 N–H and O–H groups in total. The first-order valence-corrected chi connectivity index (χ1v) is 8.49. The average Bonchev–Trinajstić information content (AvgIpc) is 3.01. The molecule has 0 aliphatic carbocycles. The summed E-state index contributed by atoms with van der Waals surface area (Å²) >= 11 is 0. The molecule has 0 aliphatic heterocycles. The maximum atomic E-state index is 11.5. The van der Waals surface area contributed by atoms with Crippen molar-refractivity contribution in [3.8, 4) is 5.75 Å². The van der Waals surface area contributed by atoms with E-state index in [1.54, 1.807) is 18.4 Å². The highest BCUT2D eigenvalue weighted by atomic mass is 16.5. The van der Waals surface area contributed by atoms with Gasteiger partial charge >= 0.3 is 5.63 Å². The van der Waals surface area contributed by atoms with E-state index >= 15 is 0 Å². The van der Waals surface area contributed by atoms with Gasteiger partial charge in [0.25, 0.3) is 0 Å². The van der Waals surface area contributed by atoms with E-state index in [1.807, 2.05) is 39.0 Å². The van der Waals surface area contributed by atoms with Gasteiger partial charge in [0.2, 0.25) is 0 Å². The normalized spacial score (nSPS) is 13.2. The van der Waals surface area contributed by atoms with E-state index in [2.05, 4.69) is 0 Å². The Balaban J connectivity index is 1.83. The van der Waals surface area contributed by atoms with Crippen molar-refractivity contribution >= 4 is 21.9 Å². The molecule has 0 bridgehead atoms. The molecule has 3 rings (SSSR count). The topological polar surface area (TPSA) is 72.8 Å². The second-order valence-corrected chi connectivity index (χ2v) is 6.58. The van der Waals surface area contributed by atoms with Crippen LogP contribution in [0.2, 0.25) is 0 Å². The van der Waals surface area contributed by atoms with Crippen LogP contribution in [0, 0.1) is 0 Å². The Morgan fingerprint density at radius 2 is 1.96 bits per heavy atom. The Kier molecular flexibility index (Phi) is 5.28. The highest BCUT2D eigenvalue weighted by Crippen LogP contribution is 2.35. The summed E-state index contributed by atoms with van der Waals surface area (Å²) in [6, 6.07) is 6.58. The van der Waals surface area contributed by atoms with Gasteiger partial charge in [-0.1, -0.05) is 17.2 Å². The Morgan fingerprint density at radius 1 is 1.19 bits per heavy atom. The third-order valence-electron chi connectivity index (χ3n) is 4.03. The maximum Gasteiger partial charge on any atom is 0.336 e. The third kappa shape index (κ3) is 4.06. The molecule has 0 radical (unpaired) electrons. The lowest BCUT2D eigenvalue weighted by Gasteiger charge is -2.10. The van der Waals surface area contributed by atoms with E-state index in [1.165, 1.54) is 6.07 Å². The zero-order chi connectivity index (χ0) is 18.7. The summed E-state index contributed by atoms with van der Waals surface area (Å²) in [7, 11) is 0. The monoisotopic (exact) mass is 354 g/mol. The van der Waals surface area contributed by atoms with Crippen molar-refractivity contribution in [3.05, 3.63) is 64.2 Å². The van der Waals surface area contributed by atoms with Crippen LogP contribution in [0.25, 0.3) is 21.9 Å². The van der Waals surface area contributed by atoms with Crippen molar-refractivity contribution in [3.63, 3.8) is 0 Å². The van der Waals surface area contributed by atoms with Gasteiger partial charge in [-0.15, -0.1) is 0 Å². The average molecular weight is 354 g/mol. The van der Waals surface area contributed by atoms with E-state index in [9.17, 15) is 9.90 Å². The van der Waals surface area contributed by atoms with Crippen LogP contribution in [-0.2, 0) is 0 Å². The summed E-state index contributed by atoms with van der Waals surface area (Å²) < 4.78 is 16.6. The lowest BCUT2D eigenvalue weighted by molar-refractivity contribution is 0.222. The number of benzene rings is 1. The molecule has 26 heavy (non-hydrogen) atoms. The minimum absolute atomic E-state index is 0.339. The van der Waals surface area contributed by atoms with Gasteiger partial charge in [-0.05, 0) is 45.4 Å². The molecule has 5 heteroatoms. The summed E-state index contributed by atoms with van der Waals surface area (Å²) in [5.74, 6) is 0.615. The first-order chi connectivity index (χ1) is 12.4. The summed E-state index contributed by atoms with van der Waals surface area (Å²) in [6.07, 6.45) is 5.40. The van der Waals surface area contributed by atoms with E-state index in [0.29, 0.717) is 35.3 Å². The molecular formula is C21H22O5. The molecule has 2 heterocycles. The van der Waals surface area contributed by atoms with Gasteiger partial charge in [0, 0.05) is 12.1 Å². The molecule has 5 nitrogen and oxygen atoms in total. The molecule has 0 fully saturated rings. The quantitative estimate of drug-likeness (QED) is 0.518. The van der Waals surface area contributed by atoms with Crippen LogP contribution in [0.15, 0.2) is 67.5 Å². The Bertz CT molecular complexity index is 1030. The predicted octanol–water partition coefficient (Wildman–Crippen LogP) is 4.58. The molecule has 0 spiro atoms. The van der Waals surface area contributed by atoms with Crippen molar-refractivity contribution in [1.29, 1.82) is 0 Å². The van der Waals surface area contributed by atoms with Crippen molar-refractivity contribution in [2.24, 2.45) is 0 Å². The van der Waals surface area contributed by atoms with Gasteiger partial charge in [-0.3, -0.25) is 0 Å². The van der Waals surface area contributed by atoms with E-state index in [4.69, 9.17) is 13.6 Å². The maximum absolute atomic E-state index is 11.5. The number of furan rings is 1. The van der Waals surface area contributed by atoms with E-state index in [0.717, 1.165) is 16.5 Å². The molecule has 1 atom stereocenters. The van der Waals surface area contributed by atoms with Gasteiger partial charge < -0.3 is 18.7 Å². The molecule has 3 aromatic rings. The zero-order valence-electron chi connectivity index (χ0n) is 15.1. The van der Waals surface area contributed by atoms with Crippen LogP contribution in [0.5, 0.6) is 5.75 Å². The fourth-order valence-corrected chi connectivity index (χ4v) is 2.89. The van der Waals surface area contributed by atoms with Crippen LogP contribution >= 0.6 is 0 Å². The minimum Gasteiger partial charge on any atom is -0.488 e. The summed E-state index contributed by atoms with van der Waals surface area (Å²) in [6.45, 7) is 6.22. The first-order valence-electron chi connectivity index (χ1n) is 8.49. The number of ether oxygens (including phenoxy) is 1. The van der Waals surface area contributed by atoms with Gasteiger partial charge in [0.15, 0.2) is 0 Å². The van der Waals surface area contributed by atoms with E-state index in [-0.39, 0.29) is 0 Å². The van der Waals surface area contributed by atoms with Crippen molar-refractivity contribution in [2.45, 2.75) is 33.3 Å². The fraction of sp³-hybridized carbons (Fsp3) is 0.286. The Hall–Kier alpha value is -2.79. The Labute approximate surface area is 151 Å². The largest absolute Gasteiger partial charge is 0.488 e. The summed E-state index contributed by atoms with van der Waals surface area (Å²) in [5, 5.41) is 11.5. The molecule has 0 saturated heterocycles. The molecule has 136 valence electrons. The summed E-state index contributed by atoms with van der Waals surface area (Å²) in [5.41, 5.74) is 2.72. The number of rotatable bonds is 6. The minimum atomic E-state index is -0.497. The zero-order valence-corrected chi connectivity index (χ0v) is 15.1. The third-order valence-corrected chi connectivity index (χ3v) is 4.03. The first kappa shape index (κ1) is 18.0. The standard InChI is InChI=1S/C21H22O5/c1-13(2)10-15(22)11-14(3)6-8-25-21-16-4-5-20(23)26-19(16)12-18-17(21)7-9-24-18/h4-7,9-10,12,15,22H,8,11H2,1-3H3/t15-/m0/s1. The van der Waals surface area contributed by atoms with Crippen molar-refractivity contribution in [2.75, 3.05) is 6.61 Å². The second-order valence-electron chi connectivity index (χ2n) is 6.58. The SMILES string of the molecule is CC(C)=C[C@H](O)CC(C)=CCOc1c2ccoc2cc2oc(=O)ccc12. The lowest BCUT2D eigenvalue weighted by atomic mass is 10.1. The van der Waals surface area contributed by atoms with Crippen molar-refractivity contribution in [1.82, 2.24) is 0 Å². The number of hydrogen-bond acceptors (Lipinski definition) is 5. The van der Waals surface area contributed by atoms with Crippen LogP contribution in [0.4, 0.5) is 0 Å². The van der Waals surface area contributed by atoms with Gasteiger partial charge in [0.1, 0.15) is 23.5 Å². The number of hydrogen-bond donors (Lipinski definition) is 1. The predicted molar refractivity (Wildman–Crippen MR) is 102 cm³/mol. The number of aliphatic hydroxyl groups excluding tert-OH is 1. The van der Waals surface area contributed by atoms with Gasteiger partial charge in [0.05, 0.1) is 23.1 Å². The molecule has 0 saturated carbocycles. The smallest absolute Gasteiger partial charge is 0.336 e. The van der Waals surface area contributed by atoms with Crippen LogP contribution < -0.4 is 10.4 Å².